The Kier molecular flexibility index (Phi) is 3.90. The van der Waals surface area contributed by atoms with Gasteiger partial charge in [0.25, 0.3) is 0 Å². The SMILES string of the molecule is COS(=O)(=O)OCCn1c(C)ccc1C. The minimum atomic E-state index is -3.81. The van der Waals surface area contributed by atoms with Gasteiger partial charge < -0.3 is 4.57 Å². The van der Waals surface area contributed by atoms with Crippen LogP contribution in [0.2, 0.25) is 0 Å². The number of nitrogens with zero attached hydrogens (tertiary/aromatic N) is 1. The lowest BCUT2D eigenvalue weighted by Gasteiger charge is -2.08. The van der Waals surface area contributed by atoms with Crippen LogP contribution in [0.4, 0.5) is 0 Å². The summed E-state index contributed by atoms with van der Waals surface area (Å²) in [6.07, 6.45) is 0. The van der Waals surface area contributed by atoms with Gasteiger partial charge in [-0.1, -0.05) is 0 Å². The quantitative estimate of drug-likeness (QED) is 0.761. The Morgan fingerprint density at radius 2 is 1.80 bits per heavy atom. The molecular formula is C9H15NO4S. The fraction of sp³-hybridized carbons (Fsp3) is 0.556. The molecule has 0 saturated heterocycles. The molecule has 0 bridgehead atoms. The van der Waals surface area contributed by atoms with Crippen molar-refractivity contribution in [2.45, 2.75) is 20.4 Å². The predicted octanol–water partition coefficient (Wildman–Crippen LogP) is 1.01. The molecule has 1 aromatic rings. The molecule has 1 heterocycles. The number of rotatable bonds is 5. The van der Waals surface area contributed by atoms with Gasteiger partial charge >= 0.3 is 10.4 Å². The highest BCUT2D eigenvalue weighted by atomic mass is 32.3. The molecule has 1 aromatic heterocycles. The summed E-state index contributed by atoms with van der Waals surface area (Å²) in [6.45, 7) is 4.48. The van der Waals surface area contributed by atoms with Crippen molar-refractivity contribution in [2.75, 3.05) is 13.7 Å². The van der Waals surface area contributed by atoms with Gasteiger partial charge in [0.2, 0.25) is 0 Å². The van der Waals surface area contributed by atoms with Crippen LogP contribution in [0.5, 0.6) is 0 Å². The molecule has 0 aromatic carbocycles. The topological polar surface area (TPSA) is 57.5 Å². The summed E-state index contributed by atoms with van der Waals surface area (Å²) in [4.78, 5) is 0. The van der Waals surface area contributed by atoms with Gasteiger partial charge in [0.15, 0.2) is 0 Å². The van der Waals surface area contributed by atoms with Gasteiger partial charge in [0.1, 0.15) is 0 Å². The zero-order chi connectivity index (χ0) is 11.5. The molecule has 0 aliphatic heterocycles. The zero-order valence-corrected chi connectivity index (χ0v) is 9.87. The van der Waals surface area contributed by atoms with Gasteiger partial charge in [-0.15, -0.1) is 0 Å². The third-order valence-corrected chi connectivity index (χ3v) is 3.03. The van der Waals surface area contributed by atoms with Crippen LogP contribution in [-0.4, -0.2) is 26.7 Å². The average molecular weight is 233 g/mol. The molecule has 0 N–H and O–H groups in total. The summed E-state index contributed by atoms with van der Waals surface area (Å²) in [7, 11) is -2.74. The van der Waals surface area contributed by atoms with E-state index >= 15 is 0 Å². The molecule has 0 unspecified atom stereocenters. The van der Waals surface area contributed by atoms with Gasteiger partial charge in [-0.3, -0.25) is 4.18 Å². The molecule has 0 aliphatic rings. The molecular weight excluding hydrogens is 218 g/mol. The molecule has 0 radical (unpaired) electrons. The number of aryl methyl sites for hydroxylation is 2. The van der Waals surface area contributed by atoms with Gasteiger partial charge in [0.05, 0.1) is 13.7 Å². The summed E-state index contributed by atoms with van der Waals surface area (Å²) >= 11 is 0. The fourth-order valence-electron chi connectivity index (χ4n) is 1.33. The minimum absolute atomic E-state index is 0.0759. The van der Waals surface area contributed by atoms with Crippen molar-refractivity contribution in [1.29, 1.82) is 0 Å². The van der Waals surface area contributed by atoms with Gasteiger partial charge in [-0.05, 0) is 26.0 Å². The van der Waals surface area contributed by atoms with Gasteiger partial charge in [0, 0.05) is 17.9 Å². The van der Waals surface area contributed by atoms with Crippen molar-refractivity contribution < 1.29 is 16.8 Å². The molecule has 0 saturated carbocycles. The first-order chi connectivity index (χ1) is 6.96. The summed E-state index contributed by atoms with van der Waals surface area (Å²) in [6, 6.07) is 3.94. The van der Waals surface area contributed by atoms with Crippen LogP contribution < -0.4 is 0 Å². The van der Waals surface area contributed by atoms with Crippen LogP contribution in [0.3, 0.4) is 0 Å². The van der Waals surface area contributed by atoms with Crippen molar-refractivity contribution >= 4 is 10.4 Å². The van der Waals surface area contributed by atoms with E-state index in [9.17, 15) is 8.42 Å². The highest BCUT2D eigenvalue weighted by Crippen LogP contribution is 2.07. The zero-order valence-electron chi connectivity index (χ0n) is 9.06. The highest BCUT2D eigenvalue weighted by Gasteiger charge is 2.09. The maximum absolute atomic E-state index is 10.8. The van der Waals surface area contributed by atoms with Crippen LogP contribution in [0, 0.1) is 13.8 Å². The Morgan fingerprint density at radius 1 is 1.27 bits per heavy atom. The van der Waals surface area contributed by atoms with Crippen LogP contribution >= 0.6 is 0 Å². The minimum Gasteiger partial charge on any atom is -0.347 e. The fourth-order valence-corrected chi connectivity index (χ4v) is 1.71. The molecule has 5 nitrogen and oxygen atoms in total. The van der Waals surface area contributed by atoms with Crippen LogP contribution in [0.25, 0.3) is 0 Å². The molecule has 0 fully saturated rings. The summed E-state index contributed by atoms with van der Waals surface area (Å²) in [5, 5.41) is 0. The first kappa shape index (κ1) is 12.2. The standard InChI is InChI=1S/C9H15NO4S/c1-8-4-5-9(2)10(8)6-7-14-15(11,12)13-3/h4-5H,6-7H2,1-3H3. The Bertz CT molecular complexity index is 402. The molecule has 86 valence electrons. The molecule has 15 heavy (non-hydrogen) atoms. The highest BCUT2D eigenvalue weighted by molar-refractivity contribution is 7.81. The molecule has 0 amide bonds. The lowest BCUT2D eigenvalue weighted by atomic mass is 10.5. The average Bonchev–Trinajstić information content (AvgIpc) is 2.49. The first-order valence-corrected chi connectivity index (χ1v) is 5.87. The molecule has 1 rings (SSSR count). The van der Waals surface area contributed by atoms with E-state index in [2.05, 4.69) is 8.37 Å². The van der Waals surface area contributed by atoms with E-state index in [4.69, 9.17) is 0 Å². The Labute approximate surface area is 89.9 Å². The summed E-state index contributed by atoms with van der Waals surface area (Å²) < 4.78 is 32.4. The third-order valence-electron chi connectivity index (χ3n) is 2.16. The lowest BCUT2D eigenvalue weighted by molar-refractivity contribution is 0.234. The van der Waals surface area contributed by atoms with E-state index in [1.807, 2.05) is 30.5 Å². The van der Waals surface area contributed by atoms with Gasteiger partial charge in [-0.2, -0.15) is 8.42 Å². The second kappa shape index (κ2) is 4.78. The molecule has 0 aliphatic carbocycles. The van der Waals surface area contributed by atoms with Crippen molar-refractivity contribution in [1.82, 2.24) is 4.57 Å². The lowest BCUT2D eigenvalue weighted by Crippen LogP contribution is -2.14. The summed E-state index contributed by atoms with van der Waals surface area (Å²) in [5.41, 5.74) is 2.15. The van der Waals surface area contributed by atoms with Crippen molar-refractivity contribution in [3.05, 3.63) is 23.5 Å². The van der Waals surface area contributed by atoms with Gasteiger partial charge in [-0.25, -0.2) is 4.18 Å². The second-order valence-corrected chi connectivity index (χ2v) is 4.55. The monoisotopic (exact) mass is 233 g/mol. The van der Waals surface area contributed by atoms with E-state index in [1.165, 1.54) is 0 Å². The Balaban J connectivity index is 2.52. The Morgan fingerprint density at radius 3 is 2.27 bits per heavy atom. The maximum Gasteiger partial charge on any atom is 0.399 e. The van der Waals surface area contributed by atoms with E-state index in [-0.39, 0.29) is 6.61 Å². The van der Waals surface area contributed by atoms with E-state index < -0.39 is 10.4 Å². The summed E-state index contributed by atoms with van der Waals surface area (Å²) in [5.74, 6) is 0. The number of hydrogen-bond acceptors (Lipinski definition) is 4. The van der Waals surface area contributed by atoms with Crippen LogP contribution in [0.1, 0.15) is 11.4 Å². The van der Waals surface area contributed by atoms with Crippen molar-refractivity contribution in [3.8, 4) is 0 Å². The first-order valence-electron chi connectivity index (χ1n) is 4.54. The predicted molar refractivity (Wildman–Crippen MR) is 55.8 cm³/mol. The van der Waals surface area contributed by atoms with E-state index in [1.54, 1.807) is 0 Å². The largest absolute Gasteiger partial charge is 0.399 e. The number of aromatic nitrogens is 1. The Hall–Kier alpha value is -0.850. The second-order valence-electron chi connectivity index (χ2n) is 3.16. The normalized spacial score (nSPS) is 11.9. The number of hydrogen-bond donors (Lipinski definition) is 0. The third kappa shape index (κ3) is 3.33. The molecule has 0 spiro atoms. The van der Waals surface area contributed by atoms with Crippen LogP contribution in [0.15, 0.2) is 12.1 Å². The smallest absolute Gasteiger partial charge is 0.347 e. The van der Waals surface area contributed by atoms with Crippen LogP contribution in [-0.2, 0) is 25.3 Å². The molecule has 0 atom stereocenters. The molecule has 6 heteroatoms. The van der Waals surface area contributed by atoms with Crippen molar-refractivity contribution in [2.24, 2.45) is 0 Å². The maximum atomic E-state index is 10.8. The van der Waals surface area contributed by atoms with Crippen molar-refractivity contribution in [3.63, 3.8) is 0 Å². The van der Waals surface area contributed by atoms with E-state index in [0.29, 0.717) is 6.54 Å². The van der Waals surface area contributed by atoms with E-state index in [0.717, 1.165) is 18.5 Å².